The van der Waals surface area contributed by atoms with Crippen molar-refractivity contribution in [2.75, 3.05) is 5.32 Å². The number of rotatable bonds is 5. The van der Waals surface area contributed by atoms with Gasteiger partial charge in [-0.1, -0.05) is 18.2 Å². The number of nitrogens with one attached hydrogen (secondary N) is 1. The second-order valence-electron chi connectivity index (χ2n) is 4.93. The van der Waals surface area contributed by atoms with Crippen molar-refractivity contribution >= 4 is 28.6 Å². The Kier molecular flexibility index (Phi) is 3.68. The van der Waals surface area contributed by atoms with Crippen LogP contribution >= 0.6 is 0 Å². The van der Waals surface area contributed by atoms with Crippen LogP contribution in [0, 0.1) is 0 Å². The number of primary amides is 1. The minimum atomic E-state index is -1.16. The third kappa shape index (κ3) is 2.71. The number of hydrogen-bond acceptors (Lipinski definition) is 4. The molecule has 1 amide bonds. The van der Waals surface area contributed by atoms with Crippen molar-refractivity contribution in [1.29, 1.82) is 0 Å². The van der Waals surface area contributed by atoms with E-state index in [0.717, 1.165) is 0 Å². The van der Waals surface area contributed by atoms with Gasteiger partial charge in [0.2, 0.25) is 0 Å². The molecule has 2 aromatic heterocycles. The lowest BCUT2D eigenvalue weighted by atomic mass is 10.3. The first kappa shape index (κ1) is 14.6. The average molecular weight is 310 g/mol. The van der Waals surface area contributed by atoms with Gasteiger partial charge < -0.3 is 20.7 Å². The first-order valence-corrected chi connectivity index (χ1v) is 6.88. The molecule has 1 unspecified atom stereocenters. The van der Waals surface area contributed by atoms with E-state index in [0.29, 0.717) is 16.7 Å². The van der Waals surface area contributed by atoms with Crippen molar-refractivity contribution in [3.05, 3.63) is 60.4 Å². The summed E-state index contributed by atoms with van der Waals surface area (Å²) in [6.45, 7) is 0. The fourth-order valence-corrected chi connectivity index (χ4v) is 2.45. The summed E-state index contributed by atoms with van der Waals surface area (Å²) in [5.41, 5.74) is 7.08. The molecule has 23 heavy (non-hydrogen) atoms. The number of carboxylic acids is 1. The van der Waals surface area contributed by atoms with E-state index < -0.39 is 18.0 Å². The minimum absolute atomic E-state index is 0.0640. The van der Waals surface area contributed by atoms with Crippen LogP contribution in [0.1, 0.15) is 16.7 Å². The Bertz CT molecular complexity index is 873. The lowest BCUT2D eigenvalue weighted by molar-refractivity contribution is -0.120. The molecule has 7 heteroatoms. The quantitative estimate of drug-likeness (QED) is 0.666. The molecule has 0 aliphatic carbocycles. The standard InChI is InChI=1S/C16H14N4O3/c17-14(21)15(19-10-5-2-1-3-6-10)20-12-7-4-8-18-11(12)9-13(20)16(22)23/h1-9,15,19H,(H2,17,21)(H,22,23). The topological polar surface area (TPSA) is 110 Å². The second-order valence-corrected chi connectivity index (χ2v) is 4.93. The van der Waals surface area contributed by atoms with E-state index in [4.69, 9.17) is 5.73 Å². The van der Waals surface area contributed by atoms with E-state index in [1.807, 2.05) is 6.07 Å². The van der Waals surface area contributed by atoms with Gasteiger partial charge in [-0.25, -0.2) is 4.79 Å². The first-order valence-electron chi connectivity index (χ1n) is 6.88. The molecule has 1 atom stereocenters. The number of hydrogen-bond donors (Lipinski definition) is 3. The molecule has 2 heterocycles. The maximum atomic E-state index is 11.9. The Labute approximate surface area is 131 Å². The molecule has 1 aromatic carbocycles. The number of carbonyl (C=O) groups is 2. The van der Waals surface area contributed by atoms with Gasteiger partial charge in [0.1, 0.15) is 5.69 Å². The van der Waals surface area contributed by atoms with Gasteiger partial charge in [0.25, 0.3) is 5.91 Å². The number of nitrogens with two attached hydrogens (primary N) is 1. The van der Waals surface area contributed by atoms with Gasteiger partial charge in [0.05, 0.1) is 11.0 Å². The molecule has 7 nitrogen and oxygen atoms in total. The van der Waals surface area contributed by atoms with E-state index in [2.05, 4.69) is 10.3 Å². The number of anilines is 1. The molecule has 0 saturated carbocycles. The third-order valence-electron chi connectivity index (χ3n) is 3.43. The second kappa shape index (κ2) is 5.80. The van der Waals surface area contributed by atoms with Crippen LogP contribution in [0.15, 0.2) is 54.7 Å². The number of benzene rings is 1. The van der Waals surface area contributed by atoms with E-state index in [1.54, 1.807) is 42.6 Å². The van der Waals surface area contributed by atoms with Gasteiger partial charge in [-0.05, 0) is 30.3 Å². The maximum Gasteiger partial charge on any atom is 0.352 e. The molecule has 0 bridgehead atoms. The molecule has 0 radical (unpaired) electrons. The van der Waals surface area contributed by atoms with Crippen molar-refractivity contribution in [1.82, 2.24) is 9.55 Å². The summed E-state index contributed by atoms with van der Waals surface area (Å²) in [6, 6.07) is 13.7. The van der Waals surface area contributed by atoms with E-state index >= 15 is 0 Å². The molecule has 0 saturated heterocycles. The van der Waals surface area contributed by atoms with Crippen LogP contribution in [-0.2, 0) is 4.79 Å². The highest BCUT2D eigenvalue weighted by atomic mass is 16.4. The maximum absolute atomic E-state index is 11.9. The van der Waals surface area contributed by atoms with Crippen LogP contribution in [0.2, 0.25) is 0 Å². The molecule has 3 aromatic rings. The van der Waals surface area contributed by atoms with Crippen LogP contribution in [0.3, 0.4) is 0 Å². The first-order chi connectivity index (χ1) is 11.1. The molecule has 0 aliphatic rings. The Morgan fingerprint density at radius 2 is 1.91 bits per heavy atom. The number of fused-ring (bicyclic) bond motifs is 1. The monoisotopic (exact) mass is 310 g/mol. The van der Waals surface area contributed by atoms with Crippen LogP contribution in [0.4, 0.5) is 5.69 Å². The predicted molar refractivity (Wildman–Crippen MR) is 85.0 cm³/mol. The summed E-state index contributed by atoms with van der Waals surface area (Å²) >= 11 is 0. The predicted octanol–water partition coefficient (Wildman–Crippen LogP) is 1.83. The molecule has 116 valence electrons. The van der Waals surface area contributed by atoms with Crippen molar-refractivity contribution in [2.24, 2.45) is 5.73 Å². The zero-order valence-electron chi connectivity index (χ0n) is 12.0. The zero-order valence-corrected chi connectivity index (χ0v) is 12.0. The number of carbonyl (C=O) groups excluding carboxylic acids is 1. The van der Waals surface area contributed by atoms with Gasteiger partial charge >= 0.3 is 5.97 Å². The smallest absolute Gasteiger partial charge is 0.352 e. The molecule has 3 rings (SSSR count). The highest BCUT2D eigenvalue weighted by Gasteiger charge is 2.25. The van der Waals surface area contributed by atoms with Gasteiger partial charge in [-0.2, -0.15) is 0 Å². The van der Waals surface area contributed by atoms with E-state index in [9.17, 15) is 14.7 Å². The van der Waals surface area contributed by atoms with Gasteiger partial charge in [0, 0.05) is 11.9 Å². The Morgan fingerprint density at radius 1 is 1.17 bits per heavy atom. The van der Waals surface area contributed by atoms with Gasteiger partial charge in [-0.3, -0.25) is 9.78 Å². The summed E-state index contributed by atoms with van der Waals surface area (Å²) in [7, 11) is 0. The summed E-state index contributed by atoms with van der Waals surface area (Å²) < 4.78 is 1.35. The number of aromatic carboxylic acids is 1. The third-order valence-corrected chi connectivity index (χ3v) is 3.43. The van der Waals surface area contributed by atoms with Crippen molar-refractivity contribution in [3.63, 3.8) is 0 Å². The van der Waals surface area contributed by atoms with Gasteiger partial charge in [-0.15, -0.1) is 0 Å². The molecule has 0 aliphatic heterocycles. The lowest BCUT2D eigenvalue weighted by Gasteiger charge is -2.21. The van der Waals surface area contributed by atoms with Crippen molar-refractivity contribution in [2.45, 2.75) is 6.17 Å². The number of para-hydroxylation sites is 1. The molecule has 0 fully saturated rings. The summed E-state index contributed by atoms with van der Waals surface area (Å²) in [6.07, 6.45) is 0.507. The Morgan fingerprint density at radius 3 is 2.57 bits per heavy atom. The Hall–Kier alpha value is -3.35. The number of amides is 1. The highest BCUT2D eigenvalue weighted by Crippen LogP contribution is 2.24. The number of aromatic nitrogens is 2. The van der Waals surface area contributed by atoms with Crippen molar-refractivity contribution < 1.29 is 14.7 Å². The fourth-order valence-electron chi connectivity index (χ4n) is 2.45. The average Bonchev–Trinajstić information content (AvgIpc) is 2.93. The number of pyridine rings is 1. The minimum Gasteiger partial charge on any atom is -0.477 e. The van der Waals surface area contributed by atoms with Crippen LogP contribution < -0.4 is 11.1 Å². The van der Waals surface area contributed by atoms with Crippen LogP contribution in [-0.4, -0.2) is 26.5 Å². The summed E-state index contributed by atoms with van der Waals surface area (Å²) in [5.74, 6) is -1.86. The lowest BCUT2D eigenvalue weighted by Crippen LogP contribution is -2.34. The van der Waals surface area contributed by atoms with Crippen LogP contribution in [0.25, 0.3) is 11.0 Å². The van der Waals surface area contributed by atoms with Gasteiger partial charge in [0.15, 0.2) is 6.17 Å². The largest absolute Gasteiger partial charge is 0.477 e. The van der Waals surface area contributed by atoms with E-state index in [1.165, 1.54) is 10.6 Å². The normalized spacial score (nSPS) is 12.0. The SMILES string of the molecule is NC(=O)C(Nc1ccccc1)n1c(C(=O)O)cc2ncccc21. The molecular weight excluding hydrogens is 296 g/mol. The number of nitrogens with zero attached hydrogens (tertiary/aromatic N) is 2. The number of carboxylic acid groups (broad SMARTS) is 1. The van der Waals surface area contributed by atoms with Crippen molar-refractivity contribution in [3.8, 4) is 0 Å². The fraction of sp³-hybridized carbons (Fsp3) is 0.0625. The highest BCUT2D eigenvalue weighted by molar-refractivity contribution is 5.95. The Balaban J connectivity index is 2.16. The summed E-state index contributed by atoms with van der Waals surface area (Å²) in [4.78, 5) is 27.6. The molecule has 0 spiro atoms. The molecule has 4 N–H and O–H groups in total. The zero-order chi connectivity index (χ0) is 16.4. The van der Waals surface area contributed by atoms with Crippen LogP contribution in [0.5, 0.6) is 0 Å². The van der Waals surface area contributed by atoms with E-state index in [-0.39, 0.29) is 5.69 Å². The molecular formula is C16H14N4O3. The summed E-state index contributed by atoms with van der Waals surface area (Å²) in [5, 5.41) is 12.4.